The van der Waals surface area contributed by atoms with Gasteiger partial charge in [-0.2, -0.15) is 0 Å². The third kappa shape index (κ3) is 9.16. The molecule has 2 aliphatic rings. The van der Waals surface area contributed by atoms with Crippen molar-refractivity contribution in [1.29, 1.82) is 0 Å². The molecule has 2 unspecified atom stereocenters. The van der Waals surface area contributed by atoms with Gasteiger partial charge < -0.3 is 25.6 Å². The summed E-state index contributed by atoms with van der Waals surface area (Å²) in [6.07, 6.45) is 6.37. The van der Waals surface area contributed by atoms with Crippen molar-refractivity contribution < 1.29 is 28.7 Å². The Morgan fingerprint density at radius 2 is 1.73 bits per heavy atom. The van der Waals surface area contributed by atoms with Crippen LogP contribution in [-0.4, -0.2) is 72.3 Å². The molecule has 1 aliphatic carbocycles. The lowest BCUT2D eigenvalue weighted by molar-refractivity contribution is -0.143. The average Bonchev–Trinajstić information content (AvgIpc) is 3.55. The molecule has 3 atom stereocenters. The van der Waals surface area contributed by atoms with E-state index in [0.29, 0.717) is 32.2 Å². The number of alkyl carbamates (subject to hydrolysis) is 1. The molecule has 1 heterocycles. The van der Waals surface area contributed by atoms with E-state index in [1.807, 2.05) is 27.7 Å². The van der Waals surface area contributed by atoms with Crippen molar-refractivity contribution in [3.8, 4) is 0 Å². The number of Topliss-reactive ketones (excluding diaryl/α,β-unsaturated/α-hetero) is 1. The van der Waals surface area contributed by atoms with Crippen LogP contribution in [0, 0.1) is 11.3 Å². The van der Waals surface area contributed by atoms with Gasteiger partial charge in [0.15, 0.2) is 0 Å². The monoisotopic (exact) mass is 520 g/mol. The molecule has 2 fully saturated rings. The van der Waals surface area contributed by atoms with E-state index in [0.717, 1.165) is 25.7 Å². The summed E-state index contributed by atoms with van der Waals surface area (Å²) in [7, 11) is 0. The van der Waals surface area contributed by atoms with Crippen molar-refractivity contribution in [2.24, 2.45) is 11.3 Å². The molecule has 10 nitrogen and oxygen atoms in total. The summed E-state index contributed by atoms with van der Waals surface area (Å²) in [4.78, 5) is 65.8. The number of nitrogens with zero attached hydrogens (tertiary/aromatic N) is 1. The summed E-state index contributed by atoms with van der Waals surface area (Å²) < 4.78 is 5.36. The number of ether oxygens (including phenoxy) is 1. The average molecular weight is 521 g/mol. The molecule has 10 heteroatoms. The van der Waals surface area contributed by atoms with E-state index in [4.69, 9.17) is 4.74 Å². The zero-order valence-corrected chi connectivity index (χ0v) is 22.8. The maximum absolute atomic E-state index is 13.7. The van der Waals surface area contributed by atoms with Crippen LogP contribution in [-0.2, 0) is 23.9 Å². The number of nitrogens with one attached hydrogen (secondary N) is 3. The van der Waals surface area contributed by atoms with Gasteiger partial charge in [-0.15, -0.1) is 6.58 Å². The highest BCUT2D eigenvalue weighted by Crippen LogP contribution is 2.30. The summed E-state index contributed by atoms with van der Waals surface area (Å²) >= 11 is 0. The lowest BCUT2D eigenvalue weighted by Crippen LogP contribution is -2.57. The molecule has 0 radical (unpaired) electrons. The predicted molar refractivity (Wildman–Crippen MR) is 139 cm³/mol. The fourth-order valence-corrected chi connectivity index (χ4v) is 4.84. The molecular formula is C27H44N4O6. The van der Waals surface area contributed by atoms with E-state index < -0.39 is 41.8 Å². The van der Waals surface area contributed by atoms with Crippen LogP contribution < -0.4 is 16.0 Å². The molecule has 208 valence electrons. The minimum Gasteiger partial charge on any atom is -0.449 e. The minimum absolute atomic E-state index is 0.0260. The fourth-order valence-electron chi connectivity index (χ4n) is 4.84. The number of hydrogen-bond acceptors (Lipinski definition) is 6. The van der Waals surface area contributed by atoms with Crippen LogP contribution in [0.3, 0.4) is 0 Å². The Labute approximate surface area is 220 Å². The second kappa shape index (κ2) is 14.1. The number of rotatable bonds is 12. The number of ketones is 1. The molecule has 4 amide bonds. The minimum atomic E-state index is -0.976. The first-order valence-electron chi connectivity index (χ1n) is 13.5. The smallest absolute Gasteiger partial charge is 0.407 e. The zero-order chi connectivity index (χ0) is 27.6. The van der Waals surface area contributed by atoms with E-state index in [1.165, 1.54) is 11.0 Å². The lowest BCUT2D eigenvalue weighted by atomic mass is 9.96. The van der Waals surface area contributed by atoms with Crippen molar-refractivity contribution in [3.63, 3.8) is 0 Å². The zero-order valence-electron chi connectivity index (χ0n) is 22.8. The number of hydrogen-bond donors (Lipinski definition) is 3. The Morgan fingerprint density at radius 1 is 1.05 bits per heavy atom. The molecule has 0 aromatic rings. The highest BCUT2D eigenvalue weighted by molar-refractivity contribution is 6.38. The number of amides is 4. The quantitative estimate of drug-likeness (QED) is 0.267. The Balaban J connectivity index is 2.12. The van der Waals surface area contributed by atoms with Crippen LogP contribution in [0.25, 0.3) is 0 Å². The van der Waals surface area contributed by atoms with Gasteiger partial charge in [-0.25, -0.2) is 4.79 Å². The van der Waals surface area contributed by atoms with E-state index in [-0.39, 0.29) is 30.4 Å². The van der Waals surface area contributed by atoms with E-state index in [1.54, 1.807) is 0 Å². The van der Waals surface area contributed by atoms with E-state index in [9.17, 15) is 24.0 Å². The van der Waals surface area contributed by atoms with Crippen LogP contribution in [0.5, 0.6) is 0 Å². The van der Waals surface area contributed by atoms with Crippen LogP contribution in [0.4, 0.5) is 4.79 Å². The van der Waals surface area contributed by atoms with Gasteiger partial charge in [0, 0.05) is 13.1 Å². The van der Waals surface area contributed by atoms with Crippen molar-refractivity contribution in [2.45, 2.75) is 97.2 Å². The van der Waals surface area contributed by atoms with Crippen molar-refractivity contribution >= 4 is 29.6 Å². The first-order chi connectivity index (χ1) is 17.5. The third-order valence-corrected chi connectivity index (χ3v) is 6.73. The Bertz CT molecular complexity index is 846. The lowest BCUT2D eigenvalue weighted by Gasteiger charge is -2.32. The van der Waals surface area contributed by atoms with Gasteiger partial charge in [0.1, 0.15) is 12.1 Å². The molecule has 0 bridgehead atoms. The first kappa shape index (κ1) is 30.3. The molecule has 0 aromatic carbocycles. The molecular weight excluding hydrogens is 476 g/mol. The summed E-state index contributed by atoms with van der Waals surface area (Å²) in [5.41, 5.74) is -0.211. The molecule has 3 N–H and O–H groups in total. The van der Waals surface area contributed by atoms with Crippen LogP contribution >= 0.6 is 0 Å². The maximum atomic E-state index is 13.7. The maximum Gasteiger partial charge on any atom is 0.407 e. The predicted octanol–water partition coefficient (Wildman–Crippen LogP) is 2.46. The second-order valence-corrected chi connectivity index (χ2v) is 11.2. The van der Waals surface area contributed by atoms with Crippen LogP contribution in [0.2, 0.25) is 0 Å². The van der Waals surface area contributed by atoms with Gasteiger partial charge in [0.2, 0.25) is 17.6 Å². The summed E-state index contributed by atoms with van der Waals surface area (Å²) in [6, 6.07) is -2.52. The molecule has 0 spiro atoms. The van der Waals surface area contributed by atoms with Gasteiger partial charge in [-0.05, 0) is 43.4 Å². The first-order valence-corrected chi connectivity index (χ1v) is 13.5. The summed E-state index contributed by atoms with van der Waals surface area (Å²) in [5, 5.41) is 7.94. The highest BCUT2D eigenvalue weighted by atomic mass is 16.5. The third-order valence-electron chi connectivity index (χ3n) is 6.73. The molecule has 37 heavy (non-hydrogen) atoms. The standard InChI is InChI=1S/C27H44N4O6/c1-6-11-19(22(32)24(34)28-15-7-2)29-23(33)20-14-10-16-31(20)25(35)21(18-12-8-9-13-18)30-26(36)37-17-27(3,4)5/h7,18-21H,2,6,8-17H2,1,3-5H3,(H,28,34)(H,29,33)(H,30,36)/t19?,20?,21-/m0/s1. The Hall–Kier alpha value is -2.91. The van der Waals surface area contributed by atoms with Crippen molar-refractivity contribution in [1.82, 2.24) is 20.9 Å². The second-order valence-electron chi connectivity index (χ2n) is 11.2. The summed E-state index contributed by atoms with van der Waals surface area (Å²) in [6.45, 7) is 12.0. The van der Waals surface area contributed by atoms with Crippen LogP contribution in [0.1, 0.15) is 79.1 Å². The molecule has 0 aromatic heterocycles. The fraction of sp³-hybridized carbons (Fsp3) is 0.741. The van der Waals surface area contributed by atoms with Crippen molar-refractivity contribution in [2.75, 3.05) is 19.7 Å². The Morgan fingerprint density at radius 3 is 2.32 bits per heavy atom. The normalized spacial score (nSPS) is 19.6. The highest BCUT2D eigenvalue weighted by Gasteiger charge is 2.42. The van der Waals surface area contributed by atoms with E-state index >= 15 is 0 Å². The largest absolute Gasteiger partial charge is 0.449 e. The molecule has 2 rings (SSSR count). The number of likely N-dealkylation sites (tertiary alicyclic amines) is 1. The van der Waals surface area contributed by atoms with Gasteiger partial charge in [0.25, 0.3) is 5.91 Å². The summed E-state index contributed by atoms with van der Waals surface area (Å²) in [5.74, 6) is -2.30. The molecule has 1 saturated carbocycles. The topological polar surface area (TPSA) is 134 Å². The van der Waals surface area contributed by atoms with Gasteiger partial charge in [0.05, 0.1) is 12.6 Å². The van der Waals surface area contributed by atoms with Gasteiger partial charge in [-0.1, -0.05) is 53.0 Å². The van der Waals surface area contributed by atoms with Crippen LogP contribution in [0.15, 0.2) is 12.7 Å². The molecule has 1 saturated heterocycles. The number of carbonyl (C=O) groups is 5. The van der Waals surface area contributed by atoms with Gasteiger partial charge in [-0.3, -0.25) is 19.2 Å². The SMILES string of the molecule is C=CCNC(=O)C(=O)C(CCC)NC(=O)C1CCCN1C(=O)[C@@H](NC(=O)OCC(C)(C)C)C1CCCC1. The number of carbonyl (C=O) groups excluding carboxylic acids is 5. The van der Waals surface area contributed by atoms with Crippen molar-refractivity contribution in [3.05, 3.63) is 12.7 Å². The van der Waals surface area contributed by atoms with E-state index in [2.05, 4.69) is 22.5 Å². The molecule has 1 aliphatic heterocycles. The Kier molecular flexibility index (Phi) is 11.6. The van der Waals surface area contributed by atoms with Gasteiger partial charge >= 0.3 is 6.09 Å².